The third-order valence-electron chi connectivity index (χ3n) is 1.92. The highest BCUT2D eigenvalue weighted by Gasteiger charge is 2.03. The minimum absolute atomic E-state index is 0.496. The molecule has 2 heterocycles. The van der Waals surface area contributed by atoms with Crippen LogP contribution in [0.3, 0.4) is 0 Å². The lowest BCUT2D eigenvalue weighted by Crippen LogP contribution is -1.95. The van der Waals surface area contributed by atoms with Crippen molar-refractivity contribution < 1.29 is 0 Å². The van der Waals surface area contributed by atoms with Crippen LogP contribution in [0.25, 0.3) is 10.6 Å². The third kappa shape index (κ3) is 1.81. The van der Waals surface area contributed by atoms with Crippen molar-refractivity contribution in [2.24, 2.45) is 5.73 Å². The zero-order valence-electron chi connectivity index (χ0n) is 7.90. The quantitative estimate of drug-likeness (QED) is 0.815. The van der Waals surface area contributed by atoms with Gasteiger partial charge in [-0.1, -0.05) is 0 Å². The molecule has 72 valence electrons. The number of thiazole rings is 1. The minimum Gasteiger partial charge on any atom is -0.325 e. The average Bonchev–Trinajstić information content (AvgIpc) is 2.67. The van der Waals surface area contributed by atoms with Gasteiger partial charge in [-0.25, -0.2) is 4.98 Å². The second-order valence-electron chi connectivity index (χ2n) is 3.04. The van der Waals surface area contributed by atoms with Gasteiger partial charge >= 0.3 is 0 Å². The van der Waals surface area contributed by atoms with Crippen LogP contribution in [-0.4, -0.2) is 9.97 Å². The summed E-state index contributed by atoms with van der Waals surface area (Å²) >= 11 is 1.60. The highest BCUT2D eigenvalue weighted by molar-refractivity contribution is 7.13. The summed E-state index contributed by atoms with van der Waals surface area (Å²) in [7, 11) is 0. The summed E-state index contributed by atoms with van der Waals surface area (Å²) in [5.74, 6) is 0. The lowest BCUT2D eigenvalue weighted by molar-refractivity contribution is 1.01. The van der Waals surface area contributed by atoms with Crippen LogP contribution in [0, 0.1) is 6.92 Å². The summed E-state index contributed by atoms with van der Waals surface area (Å²) in [6.07, 6.45) is 1.84. The molecule has 2 aromatic heterocycles. The Morgan fingerprint density at radius 1 is 1.43 bits per heavy atom. The van der Waals surface area contributed by atoms with E-state index in [0.29, 0.717) is 6.54 Å². The van der Waals surface area contributed by atoms with Crippen LogP contribution < -0.4 is 5.73 Å². The zero-order valence-corrected chi connectivity index (χ0v) is 8.71. The molecular weight excluding hydrogens is 194 g/mol. The molecule has 2 N–H and O–H groups in total. The van der Waals surface area contributed by atoms with Crippen molar-refractivity contribution in [1.82, 2.24) is 9.97 Å². The zero-order chi connectivity index (χ0) is 9.97. The molecular formula is C10H11N3S. The number of nitrogens with two attached hydrogens (primary N) is 1. The van der Waals surface area contributed by atoms with Crippen LogP contribution >= 0.6 is 11.3 Å². The molecule has 0 aliphatic carbocycles. The molecule has 0 bridgehead atoms. The lowest BCUT2D eigenvalue weighted by atomic mass is 10.3. The van der Waals surface area contributed by atoms with Gasteiger partial charge in [0.2, 0.25) is 0 Å². The van der Waals surface area contributed by atoms with Gasteiger partial charge in [0, 0.05) is 29.4 Å². The van der Waals surface area contributed by atoms with E-state index in [0.717, 1.165) is 22.0 Å². The minimum atomic E-state index is 0.496. The molecule has 0 unspecified atom stereocenters. The van der Waals surface area contributed by atoms with Crippen LogP contribution in [0.1, 0.15) is 11.4 Å². The fourth-order valence-electron chi connectivity index (χ4n) is 1.13. The Balaban J connectivity index is 2.34. The second-order valence-corrected chi connectivity index (χ2v) is 3.89. The standard InChI is InChI=1S/C10H11N3S/c1-7-2-3-8(5-12-7)10-13-9(4-11)6-14-10/h2-3,5-6H,4,11H2,1H3. The third-order valence-corrected chi connectivity index (χ3v) is 2.86. The topological polar surface area (TPSA) is 51.8 Å². The van der Waals surface area contributed by atoms with E-state index in [1.807, 2.05) is 30.6 Å². The first kappa shape index (κ1) is 9.30. The van der Waals surface area contributed by atoms with E-state index in [2.05, 4.69) is 9.97 Å². The normalized spacial score (nSPS) is 10.4. The van der Waals surface area contributed by atoms with Gasteiger partial charge in [0.15, 0.2) is 0 Å². The number of aryl methyl sites for hydroxylation is 1. The summed E-state index contributed by atoms with van der Waals surface area (Å²) < 4.78 is 0. The average molecular weight is 205 g/mol. The molecule has 0 saturated carbocycles. The molecule has 2 aromatic rings. The van der Waals surface area contributed by atoms with Gasteiger partial charge in [0.05, 0.1) is 5.69 Å². The van der Waals surface area contributed by atoms with Gasteiger partial charge in [0.1, 0.15) is 5.01 Å². The maximum atomic E-state index is 5.49. The molecule has 0 saturated heterocycles. The smallest absolute Gasteiger partial charge is 0.125 e. The largest absolute Gasteiger partial charge is 0.325 e. The van der Waals surface area contributed by atoms with E-state index >= 15 is 0 Å². The van der Waals surface area contributed by atoms with E-state index < -0.39 is 0 Å². The Kier molecular flexibility index (Phi) is 2.56. The van der Waals surface area contributed by atoms with Crippen molar-refractivity contribution in [1.29, 1.82) is 0 Å². The molecule has 0 amide bonds. The van der Waals surface area contributed by atoms with Crippen LogP contribution in [0.5, 0.6) is 0 Å². The second kappa shape index (κ2) is 3.86. The molecule has 4 heteroatoms. The Morgan fingerprint density at radius 2 is 2.29 bits per heavy atom. The van der Waals surface area contributed by atoms with Crippen LogP contribution in [0.2, 0.25) is 0 Å². The Hall–Kier alpha value is -1.26. The molecule has 0 aliphatic heterocycles. The van der Waals surface area contributed by atoms with E-state index in [4.69, 9.17) is 5.73 Å². The predicted molar refractivity (Wildman–Crippen MR) is 58.0 cm³/mol. The molecule has 0 aromatic carbocycles. The highest BCUT2D eigenvalue weighted by atomic mass is 32.1. The Morgan fingerprint density at radius 3 is 2.86 bits per heavy atom. The van der Waals surface area contributed by atoms with Gasteiger partial charge in [-0.05, 0) is 19.1 Å². The Labute approximate surface area is 86.6 Å². The molecule has 0 radical (unpaired) electrons. The van der Waals surface area contributed by atoms with Crippen molar-refractivity contribution in [3.8, 4) is 10.6 Å². The molecule has 3 nitrogen and oxygen atoms in total. The first-order valence-corrected chi connectivity index (χ1v) is 5.25. The fraction of sp³-hybridized carbons (Fsp3) is 0.200. The van der Waals surface area contributed by atoms with E-state index in [1.54, 1.807) is 11.3 Å². The Bertz CT molecular complexity index is 419. The summed E-state index contributed by atoms with van der Waals surface area (Å²) in [6, 6.07) is 4.01. The molecule has 0 atom stereocenters. The van der Waals surface area contributed by atoms with Crippen molar-refractivity contribution in [2.75, 3.05) is 0 Å². The molecule has 14 heavy (non-hydrogen) atoms. The van der Waals surface area contributed by atoms with Gasteiger partial charge in [0.25, 0.3) is 0 Å². The number of aromatic nitrogens is 2. The maximum absolute atomic E-state index is 5.49. The number of hydrogen-bond acceptors (Lipinski definition) is 4. The highest BCUT2D eigenvalue weighted by Crippen LogP contribution is 2.22. The van der Waals surface area contributed by atoms with Gasteiger partial charge < -0.3 is 5.73 Å². The molecule has 0 fully saturated rings. The number of hydrogen-bond donors (Lipinski definition) is 1. The van der Waals surface area contributed by atoms with Gasteiger partial charge in [-0.2, -0.15) is 0 Å². The first-order chi connectivity index (χ1) is 6.79. The summed E-state index contributed by atoms with van der Waals surface area (Å²) in [5.41, 5.74) is 8.50. The predicted octanol–water partition coefficient (Wildman–Crippen LogP) is 1.97. The van der Waals surface area contributed by atoms with E-state index in [1.165, 1.54) is 0 Å². The molecule has 0 spiro atoms. The first-order valence-electron chi connectivity index (χ1n) is 4.37. The van der Waals surface area contributed by atoms with Crippen molar-refractivity contribution in [3.05, 3.63) is 35.1 Å². The molecule has 0 aliphatic rings. The van der Waals surface area contributed by atoms with Gasteiger partial charge in [-0.3, -0.25) is 4.98 Å². The van der Waals surface area contributed by atoms with Crippen molar-refractivity contribution in [2.45, 2.75) is 13.5 Å². The maximum Gasteiger partial charge on any atom is 0.125 e. The summed E-state index contributed by atoms with van der Waals surface area (Å²) in [4.78, 5) is 8.61. The SMILES string of the molecule is Cc1ccc(-c2nc(CN)cs2)cn1. The summed E-state index contributed by atoms with van der Waals surface area (Å²) in [5, 5.41) is 2.97. The van der Waals surface area contributed by atoms with Crippen molar-refractivity contribution >= 4 is 11.3 Å². The summed E-state index contributed by atoms with van der Waals surface area (Å²) in [6.45, 7) is 2.47. The number of pyridine rings is 1. The number of nitrogens with zero attached hydrogens (tertiary/aromatic N) is 2. The van der Waals surface area contributed by atoms with Crippen molar-refractivity contribution in [3.63, 3.8) is 0 Å². The van der Waals surface area contributed by atoms with Crippen LogP contribution in [-0.2, 0) is 6.54 Å². The monoisotopic (exact) mass is 205 g/mol. The molecule has 2 rings (SSSR count). The fourth-order valence-corrected chi connectivity index (χ4v) is 1.95. The van der Waals surface area contributed by atoms with Crippen LogP contribution in [0.15, 0.2) is 23.7 Å². The van der Waals surface area contributed by atoms with E-state index in [9.17, 15) is 0 Å². The lowest BCUT2D eigenvalue weighted by Gasteiger charge is -1.95. The van der Waals surface area contributed by atoms with Gasteiger partial charge in [-0.15, -0.1) is 11.3 Å². The van der Waals surface area contributed by atoms with Crippen LogP contribution in [0.4, 0.5) is 0 Å². The number of rotatable bonds is 2. The van der Waals surface area contributed by atoms with E-state index in [-0.39, 0.29) is 0 Å².